The van der Waals surface area contributed by atoms with Crippen molar-refractivity contribution in [3.63, 3.8) is 0 Å². The van der Waals surface area contributed by atoms with Gasteiger partial charge in [-0.05, 0) is 55.3 Å². The maximum Gasteiger partial charge on any atom is 0.211 e. The van der Waals surface area contributed by atoms with Crippen LogP contribution in [0.15, 0.2) is 82.6 Å². The molecule has 8 heteroatoms. The minimum absolute atomic E-state index is 0.0560. The van der Waals surface area contributed by atoms with Gasteiger partial charge in [-0.1, -0.05) is 42.5 Å². The lowest BCUT2D eigenvalue weighted by Crippen LogP contribution is -2.08. The highest BCUT2D eigenvalue weighted by molar-refractivity contribution is 7.92. The standard InChI is InChI=1S/C26H24N2O4S2/c1-16-9-10-17(2)21(15-16)28-26-25(34(30,31)20-13-11-19(32-3)12-14-20)22(27)24(33-26)23(29)18-7-5-4-6-8-18/h4-15,28H,27H2,1-3H3. The van der Waals surface area contributed by atoms with Gasteiger partial charge in [-0.15, -0.1) is 11.3 Å². The topological polar surface area (TPSA) is 98.5 Å². The van der Waals surface area contributed by atoms with Crippen molar-refractivity contribution < 1.29 is 17.9 Å². The molecule has 34 heavy (non-hydrogen) atoms. The molecule has 0 unspecified atom stereocenters. The number of nitrogens with two attached hydrogens (primary N) is 1. The fourth-order valence-corrected chi connectivity index (χ4v) is 6.46. The number of hydrogen-bond donors (Lipinski definition) is 2. The van der Waals surface area contributed by atoms with Crippen molar-refractivity contribution in [3.8, 4) is 5.75 Å². The monoisotopic (exact) mass is 492 g/mol. The summed E-state index contributed by atoms with van der Waals surface area (Å²) in [5, 5.41) is 3.52. The van der Waals surface area contributed by atoms with Crippen molar-refractivity contribution in [2.45, 2.75) is 23.6 Å². The number of rotatable bonds is 7. The average Bonchev–Trinajstić information content (AvgIpc) is 3.17. The van der Waals surface area contributed by atoms with Crippen LogP contribution in [0.5, 0.6) is 5.75 Å². The predicted octanol–water partition coefficient (Wildman–Crippen LogP) is 5.76. The van der Waals surface area contributed by atoms with Crippen molar-refractivity contribution in [2.24, 2.45) is 0 Å². The number of ketones is 1. The fraction of sp³-hybridized carbons (Fsp3) is 0.115. The Morgan fingerprint density at radius 1 is 0.971 bits per heavy atom. The van der Waals surface area contributed by atoms with E-state index in [9.17, 15) is 13.2 Å². The van der Waals surface area contributed by atoms with Gasteiger partial charge < -0.3 is 15.8 Å². The number of methoxy groups -OCH3 is 1. The zero-order chi connectivity index (χ0) is 24.5. The first-order valence-electron chi connectivity index (χ1n) is 10.5. The van der Waals surface area contributed by atoms with Gasteiger partial charge in [-0.2, -0.15) is 0 Å². The van der Waals surface area contributed by atoms with E-state index >= 15 is 0 Å². The van der Waals surface area contributed by atoms with Gasteiger partial charge in [-0.3, -0.25) is 4.79 Å². The lowest BCUT2D eigenvalue weighted by molar-refractivity contribution is 0.104. The normalized spacial score (nSPS) is 11.3. The number of nitrogens with one attached hydrogen (secondary N) is 1. The van der Waals surface area contributed by atoms with E-state index in [2.05, 4.69) is 5.32 Å². The van der Waals surface area contributed by atoms with Gasteiger partial charge in [-0.25, -0.2) is 8.42 Å². The third-order valence-corrected chi connectivity index (χ3v) is 8.52. The molecule has 3 aromatic carbocycles. The first kappa shape index (κ1) is 23.5. The summed E-state index contributed by atoms with van der Waals surface area (Å²) in [6.45, 7) is 3.87. The second kappa shape index (κ2) is 9.32. The van der Waals surface area contributed by atoms with E-state index < -0.39 is 9.84 Å². The number of carbonyl (C=O) groups is 1. The minimum atomic E-state index is -4.05. The zero-order valence-electron chi connectivity index (χ0n) is 19.0. The lowest BCUT2D eigenvalue weighted by atomic mass is 10.1. The van der Waals surface area contributed by atoms with Crippen LogP contribution in [0.25, 0.3) is 0 Å². The predicted molar refractivity (Wildman–Crippen MR) is 136 cm³/mol. The molecule has 0 spiro atoms. The van der Waals surface area contributed by atoms with Crippen LogP contribution in [0.4, 0.5) is 16.4 Å². The average molecular weight is 493 g/mol. The smallest absolute Gasteiger partial charge is 0.211 e. The summed E-state index contributed by atoms with van der Waals surface area (Å²) in [5.74, 6) is 0.203. The molecule has 0 atom stereocenters. The second-order valence-corrected chi connectivity index (χ2v) is 10.7. The number of carbonyl (C=O) groups excluding carboxylic acids is 1. The largest absolute Gasteiger partial charge is 0.497 e. The van der Waals surface area contributed by atoms with E-state index in [0.717, 1.165) is 28.2 Å². The summed E-state index contributed by atoms with van der Waals surface area (Å²) in [6.07, 6.45) is 0. The zero-order valence-corrected chi connectivity index (χ0v) is 20.6. The highest BCUT2D eigenvalue weighted by atomic mass is 32.2. The summed E-state index contributed by atoms with van der Waals surface area (Å²) in [6, 6.07) is 20.6. The summed E-state index contributed by atoms with van der Waals surface area (Å²) in [7, 11) is -2.54. The molecule has 1 aromatic heterocycles. The Morgan fingerprint density at radius 3 is 2.29 bits per heavy atom. The van der Waals surface area contributed by atoms with Gasteiger partial charge in [0.1, 0.15) is 20.5 Å². The van der Waals surface area contributed by atoms with Crippen LogP contribution in [0.2, 0.25) is 0 Å². The molecule has 0 saturated heterocycles. The Morgan fingerprint density at radius 2 is 1.65 bits per heavy atom. The fourth-order valence-electron chi connectivity index (χ4n) is 3.53. The van der Waals surface area contributed by atoms with Crippen LogP contribution in [0.1, 0.15) is 26.4 Å². The maximum absolute atomic E-state index is 13.7. The molecule has 0 fully saturated rings. The molecule has 0 aliphatic rings. The third kappa shape index (κ3) is 4.42. The van der Waals surface area contributed by atoms with Crippen molar-refractivity contribution >= 4 is 43.3 Å². The van der Waals surface area contributed by atoms with Gasteiger partial charge in [0.15, 0.2) is 0 Å². The molecule has 6 nitrogen and oxygen atoms in total. The first-order valence-corrected chi connectivity index (χ1v) is 12.8. The molecular weight excluding hydrogens is 468 g/mol. The van der Waals surface area contributed by atoms with Gasteiger partial charge in [0.25, 0.3) is 0 Å². The first-order chi connectivity index (χ1) is 16.2. The molecule has 0 aliphatic heterocycles. The van der Waals surface area contributed by atoms with Crippen molar-refractivity contribution in [1.82, 2.24) is 0 Å². The minimum Gasteiger partial charge on any atom is -0.497 e. The van der Waals surface area contributed by atoms with Gasteiger partial charge >= 0.3 is 0 Å². The number of sulfone groups is 1. The van der Waals surface area contributed by atoms with Crippen LogP contribution in [-0.4, -0.2) is 21.3 Å². The maximum atomic E-state index is 13.7. The lowest BCUT2D eigenvalue weighted by Gasteiger charge is -2.12. The summed E-state index contributed by atoms with van der Waals surface area (Å²) >= 11 is 1.04. The van der Waals surface area contributed by atoms with Gasteiger partial charge in [0.2, 0.25) is 15.6 Å². The number of thiophene rings is 1. The number of anilines is 3. The van der Waals surface area contributed by atoms with E-state index in [1.165, 1.54) is 19.2 Å². The molecule has 0 amide bonds. The third-order valence-electron chi connectivity index (χ3n) is 5.42. The molecule has 0 aliphatic carbocycles. The van der Waals surface area contributed by atoms with Crippen LogP contribution in [0, 0.1) is 13.8 Å². The molecular formula is C26H24N2O4S2. The summed E-state index contributed by atoms with van der Waals surface area (Å²) in [5.41, 5.74) is 9.44. The van der Waals surface area contributed by atoms with E-state index in [1.54, 1.807) is 36.4 Å². The molecule has 1 heterocycles. The van der Waals surface area contributed by atoms with Crippen LogP contribution in [0.3, 0.4) is 0 Å². The SMILES string of the molecule is COc1ccc(S(=O)(=O)c2c(Nc3cc(C)ccc3C)sc(C(=O)c3ccccc3)c2N)cc1. The van der Waals surface area contributed by atoms with E-state index in [0.29, 0.717) is 16.3 Å². The molecule has 0 bridgehead atoms. The highest BCUT2D eigenvalue weighted by Crippen LogP contribution is 2.44. The number of ether oxygens (including phenoxy) is 1. The number of aryl methyl sites for hydroxylation is 2. The Kier molecular flexibility index (Phi) is 6.45. The molecule has 0 saturated carbocycles. The number of benzene rings is 3. The van der Waals surface area contributed by atoms with Crippen LogP contribution in [-0.2, 0) is 9.84 Å². The second-order valence-electron chi connectivity index (χ2n) is 7.82. The van der Waals surface area contributed by atoms with Crippen molar-refractivity contribution in [1.29, 1.82) is 0 Å². The Balaban J connectivity index is 1.90. The van der Waals surface area contributed by atoms with E-state index in [-0.39, 0.29) is 26.1 Å². The Hall–Kier alpha value is -3.62. The Bertz CT molecular complexity index is 1460. The van der Waals surface area contributed by atoms with Crippen LogP contribution >= 0.6 is 11.3 Å². The number of hydrogen-bond acceptors (Lipinski definition) is 7. The molecule has 4 rings (SSSR count). The Labute approximate surface area is 202 Å². The summed E-state index contributed by atoms with van der Waals surface area (Å²) in [4.78, 5) is 13.4. The molecule has 174 valence electrons. The summed E-state index contributed by atoms with van der Waals surface area (Å²) < 4.78 is 32.6. The quantitative estimate of drug-likeness (QED) is 0.318. The van der Waals surface area contributed by atoms with Crippen LogP contribution < -0.4 is 15.8 Å². The van der Waals surface area contributed by atoms with Crippen molar-refractivity contribution in [2.75, 3.05) is 18.2 Å². The van der Waals surface area contributed by atoms with Crippen molar-refractivity contribution in [3.05, 3.63) is 94.4 Å². The van der Waals surface area contributed by atoms with Gasteiger partial charge in [0, 0.05) is 11.3 Å². The van der Waals surface area contributed by atoms with E-state index in [4.69, 9.17) is 10.5 Å². The number of nitrogen functional groups attached to an aromatic ring is 1. The molecule has 3 N–H and O–H groups in total. The van der Waals surface area contributed by atoms with E-state index in [1.807, 2.05) is 38.1 Å². The molecule has 0 radical (unpaired) electrons. The highest BCUT2D eigenvalue weighted by Gasteiger charge is 2.32. The van der Waals surface area contributed by atoms with Gasteiger partial charge in [0.05, 0.1) is 17.7 Å². The molecule has 4 aromatic rings.